The van der Waals surface area contributed by atoms with Crippen LogP contribution in [-0.4, -0.2) is 42.9 Å². The molecule has 0 aromatic heterocycles. The van der Waals surface area contributed by atoms with E-state index in [1.165, 1.54) is 0 Å². The number of esters is 2. The molecule has 0 spiro atoms. The molecule has 0 aliphatic heterocycles. The van der Waals surface area contributed by atoms with Gasteiger partial charge in [-0.25, -0.2) is 0 Å². The number of carbonyl (C=O) groups is 2. The van der Waals surface area contributed by atoms with Crippen LogP contribution < -0.4 is 0 Å². The Morgan fingerprint density at radius 3 is 2.39 bits per heavy atom. The van der Waals surface area contributed by atoms with Crippen LogP contribution in [-0.2, 0) is 29.2 Å². The molecule has 7 nitrogen and oxygen atoms in total. The van der Waals surface area contributed by atoms with Gasteiger partial charge in [-0.05, 0) is 26.3 Å². The van der Waals surface area contributed by atoms with Gasteiger partial charge in [0.1, 0.15) is 6.10 Å². The molecule has 0 saturated carbocycles. The molecule has 0 aromatic rings. The van der Waals surface area contributed by atoms with Crippen molar-refractivity contribution in [3.8, 4) is 0 Å². The lowest BCUT2D eigenvalue weighted by atomic mass is 10.2. The van der Waals surface area contributed by atoms with Crippen molar-refractivity contribution in [2.45, 2.75) is 64.2 Å². The highest BCUT2D eigenvalue weighted by Crippen LogP contribution is 2.11. The van der Waals surface area contributed by atoms with Gasteiger partial charge in [0.25, 0.3) is 10.1 Å². The largest absolute Gasteiger partial charge is 0.465 e. The SMILES string of the molecule is CC=CC(C)OC(=O)CC(C(=O)OCCCCCC)S(=O)(=O)O. The van der Waals surface area contributed by atoms with E-state index < -0.39 is 39.8 Å². The molecule has 2 atom stereocenters. The molecule has 0 aliphatic carbocycles. The Kier molecular flexibility index (Phi) is 10.5. The Balaban J connectivity index is 4.58. The summed E-state index contributed by atoms with van der Waals surface area (Å²) in [5, 5.41) is -1.96. The quantitative estimate of drug-likeness (QED) is 0.263. The van der Waals surface area contributed by atoms with E-state index >= 15 is 0 Å². The highest BCUT2D eigenvalue weighted by atomic mass is 32.2. The monoisotopic (exact) mass is 350 g/mol. The van der Waals surface area contributed by atoms with Crippen LogP contribution in [0.1, 0.15) is 52.9 Å². The first-order valence-electron chi connectivity index (χ1n) is 7.67. The van der Waals surface area contributed by atoms with Gasteiger partial charge in [-0.15, -0.1) is 0 Å². The maximum absolute atomic E-state index is 11.8. The maximum Gasteiger partial charge on any atom is 0.327 e. The third kappa shape index (κ3) is 10.1. The standard InChI is InChI=1S/C15H26O7S/c1-4-6-7-8-10-21-15(17)13(23(18,19)20)11-14(16)22-12(3)9-5-2/h5,9,12-13H,4,6-8,10-11H2,1-3H3,(H,18,19,20). The number of hydrogen-bond acceptors (Lipinski definition) is 6. The fourth-order valence-electron chi connectivity index (χ4n) is 1.82. The van der Waals surface area contributed by atoms with Gasteiger partial charge >= 0.3 is 11.9 Å². The fourth-order valence-corrected chi connectivity index (χ4v) is 2.48. The van der Waals surface area contributed by atoms with Gasteiger partial charge in [-0.2, -0.15) is 8.42 Å². The third-order valence-corrected chi connectivity index (χ3v) is 4.08. The first-order valence-corrected chi connectivity index (χ1v) is 9.17. The number of rotatable bonds is 11. The lowest BCUT2D eigenvalue weighted by molar-refractivity contribution is -0.151. The molecule has 134 valence electrons. The average molecular weight is 350 g/mol. The highest BCUT2D eigenvalue weighted by Gasteiger charge is 2.35. The Morgan fingerprint density at radius 1 is 1.22 bits per heavy atom. The summed E-state index contributed by atoms with van der Waals surface area (Å²) in [5.41, 5.74) is 0. The minimum atomic E-state index is -4.75. The summed E-state index contributed by atoms with van der Waals surface area (Å²) in [6.45, 7) is 5.41. The van der Waals surface area contributed by atoms with E-state index in [9.17, 15) is 18.0 Å². The molecule has 0 radical (unpaired) electrons. The zero-order valence-corrected chi connectivity index (χ0v) is 14.7. The summed E-state index contributed by atoms with van der Waals surface area (Å²) in [5.74, 6) is -2.04. The van der Waals surface area contributed by atoms with Gasteiger partial charge in [0.2, 0.25) is 0 Å². The van der Waals surface area contributed by atoms with Crippen LogP contribution in [0, 0.1) is 0 Å². The molecule has 0 saturated heterocycles. The van der Waals surface area contributed by atoms with Crippen molar-refractivity contribution in [2.24, 2.45) is 0 Å². The van der Waals surface area contributed by atoms with Crippen LogP contribution in [0.5, 0.6) is 0 Å². The maximum atomic E-state index is 11.8. The smallest absolute Gasteiger partial charge is 0.327 e. The van der Waals surface area contributed by atoms with E-state index in [1.54, 1.807) is 26.0 Å². The summed E-state index contributed by atoms with van der Waals surface area (Å²) >= 11 is 0. The van der Waals surface area contributed by atoms with Crippen molar-refractivity contribution in [3.63, 3.8) is 0 Å². The number of allylic oxidation sites excluding steroid dienone is 1. The van der Waals surface area contributed by atoms with Crippen molar-refractivity contribution >= 4 is 22.1 Å². The van der Waals surface area contributed by atoms with Crippen molar-refractivity contribution in [1.29, 1.82) is 0 Å². The second-order valence-corrected chi connectivity index (χ2v) is 6.76. The Labute approximate surface area is 137 Å². The first-order chi connectivity index (χ1) is 10.7. The molecule has 8 heteroatoms. The highest BCUT2D eigenvalue weighted by molar-refractivity contribution is 7.87. The zero-order valence-electron chi connectivity index (χ0n) is 13.9. The molecule has 1 N–H and O–H groups in total. The topological polar surface area (TPSA) is 107 Å². The van der Waals surface area contributed by atoms with Gasteiger partial charge in [-0.3, -0.25) is 14.1 Å². The summed E-state index contributed by atoms with van der Waals surface area (Å²) in [7, 11) is -4.75. The number of unbranched alkanes of at least 4 members (excludes halogenated alkanes) is 3. The summed E-state index contributed by atoms with van der Waals surface area (Å²) in [6.07, 6.45) is 5.36. The predicted octanol–water partition coefficient (Wildman–Crippen LogP) is 2.26. The number of ether oxygens (including phenoxy) is 2. The van der Waals surface area contributed by atoms with Gasteiger partial charge in [0.15, 0.2) is 5.25 Å². The fraction of sp³-hybridized carbons (Fsp3) is 0.733. The van der Waals surface area contributed by atoms with Crippen molar-refractivity contribution < 1.29 is 32.0 Å². The molecular formula is C15H26O7S. The molecule has 2 unspecified atom stereocenters. The van der Waals surface area contributed by atoms with Crippen LogP contribution in [0.2, 0.25) is 0 Å². The lowest BCUT2D eigenvalue weighted by Gasteiger charge is -2.14. The molecule has 23 heavy (non-hydrogen) atoms. The van der Waals surface area contributed by atoms with Gasteiger partial charge in [-0.1, -0.05) is 32.3 Å². The molecule has 0 aliphatic rings. The predicted molar refractivity (Wildman–Crippen MR) is 85.4 cm³/mol. The van der Waals surface area contributed by atoms with Crippen LogP contribution in [0.15, 0.2) is 12.2 Å². The van der Waals surface area contributed by atoms with Crippen LogP contribution in [0.25, 0.3) is 0 Å². The molecule has 0 fully saturated rings. The van der Waals surface area contributed by atoms with E-state index in [0.29, 0.717) is 6.42 Å². The number of carbonyl (C=O) groups excluding carboxylic acids is 2. The van der Waals surface area contributed by atoms with Crippen LogP contribution >= 0.6 is 0 Å². The molecule has 0 bridgehead atoms. The normalized spacial score (nSPS) is 14.4. The van der Waals surface area contributed by atoms with Crippen molar-refractivity contribution in [2.75, 3.05) is 6.61 Å². The van der Waals surface area contributed by atoms with E-state index in [-0.39, 0.29) is 6.61 Å². The minimum Gasteiger partial charge on any atom is -0.465 e. The van der Waals surface area contributed by atoms with Crippen LogP contribution in [0.3, 0.4) is 0 Å². The van der Waals surface area contributed by atoms with E-state index in [2.05, 4.69) is 0 Å². The first kappa shape index (κ1) is 21.6. The Hall–Kier alpha value is -1.41. The van der Waals surface area contributed by atoms with Gasteiger partial charge in [0, 0.05) is 0 Å². The summed E-state index contributed by atoms with van der Waals surface area (Å²) in [4.78, 5) is 23.5. The van der Waals surface area contributed by atoms with Crippen LogP contribution in [0.4, 0.5) is 0 Å². The summed E-state index contributed by atoms with van der Waals surface area (Å²) in [6, 6.07) is 0. The molecule has 0 amide bonds. The van der Waals surface area contributed by atoms with Crippen molar-refractivity contribution in [3.05, 3.63) is 12.2 Å². The average Bonchev–Trinajstić information content (AvgIpc) is 2.43. The molecule has 0 rings (SSSR count). The zero-order chi connectivity index (χ0) is 17.9. The van der Waals surface area contributed by atoms with E-state index in [0.717, 1.165) is 19.3 Å². The second-order valence-electron chi connectivity index (χ2n) is 5.16. The third-order valence-electron chi connectivity index (χ3n) is 3.00. The molecule has 0 aromatic carbocycles. The Bertz CT molecular complexity index is 496. The number of hydrogen-bond donors (Lipinski definition) is 1. The molecule has 0 heterocycles. The van der Waals surface area contributed by atoms with Gasteiger partial charge < -0.3 is 9.47 Å². The van der Waals surface area contributed by atoms with E-state index in [1.807, 2.05) is 6.92 Å². The van der Waals surface area contributed by atoms with Gasteiger partial charge in [0.05, 0.1) is 13.0 Å². The summed E-state index contributed by atoms with van der Waals surface area (Å²) < 4.78 is 41.4. The molecular weight excluding hydrogens is 324 g/mol. The second kappa shape index (κ2) is 11.2. The van der Waals surface area contributed by atoms with Crippen molar-refractivity contribution in [1.82, 2.24) is 0 Å². The van der Waals surface area contributed by atoms with E-state index in [4.69, 9.17) is 14.0 Å². The Morgan fingerprint density at radius 2 is 1.87 bits per heavy atom. The lowest BCUT2D eigenvalue weighted by Crippen LogP contribution is -2.35. The minimum absolute atomic E-state index is 0.0505.